The van der Waals surface area contributed by atoms with E-state index in [1.165, 1.54) is 23.8 Å². The van der Waals surface area contributed by atoms with E-state index in [2.05, 4.69) is 11.6 Å². The van der Waals surface area contributed by atoms with Gasteiger partial charge in [0, 0.05) is 19.0 Å². The molecule has 2 aromatic rings. The van der Waals surface area contributed by atoms with Gasteiger partial charge in [0.25, 0.3) is 0 Å². The van der Waals surface area contributed by atoms with Crippen LogP contribution in [0.1, 0.15) is 36.1 Å². The lowest BCUT2D eigenvalue weighted by atomic mass is 10.0. The van der Waals surface area contributed by atoms with Gasteiger partial charge in [-0.3, -0.25) is 4.79 Å². The summed E-state index contributed by atoms with van der Waals surface area (Å²) < 4.78 is 54.1. The van der Waals surface area contributed by atoms with Gasteiger partial charge < -0.3 is 4.90 Å². The Morgan fingerprint density at radius 2 is 1.78 bits per heavy atom. The van der Waals surface area contributed by atoms with Crippen LogP contribution in [0.4, 0.5) is 5.69 Å². The summed E-state index contributed by atoms with van der Waals surface area (Å²) in [4.78, 5) is 14.0. The average molecular weight is 480 g/mol. The highest BCUT2D eigenvalue weighted by Crippen LogP contribution is 2.29. The molecule has 1 amide bonds. The molecule has 3 rings (SSSR count). The van der Waals surface area contributed by atoms with Crippen molar-refractivity contribution in [2.45, 2.75) is 37.6 Å². The third-order valence-electron chi connectivity index (χ3n) is 5.64. The summed E-state index contributed by atoms with van der Waals surface area (Å²) in [7, 11) is -3.98. The molecule has 0 radical (unpaired) electrons. The maximum Gasteiger partial charge on any atom is 0.242 e. The van der Waals surface area contributed by atoms with Crippen molar-refractivity contribution in [1.29, 1.82) is 0 Å². The standard InChI is InChI=1S/C22H29N3O5S2/c1-5-17-7-9-18(10-8-17)20(24(3)4)15-23-32(29,30)21-14-19(11-6-16(21)2)25-22(26)12-13-31(25,27)28/h6-11,14,20,23H,5,12-13,15H2,1-4H3/t20-/m0/s1. The molecular weight excluding hydrogens is 450 g/mol. The predicted molar refractivity (Wildman–Crippen MR) is 125 cm³/mol. The minimum absolute atomic E-state index is 0.0396. The van der Waals surface area contributed by atoms with Crippen molar-refractivity contribution in [3.8, 4) is 0 Å². The number of anilines is 1. The molecule has 0 unspecified atom stereocenters. The van der Waals surface area contributed by atoms with Gasteiger partial charge in [0.15, 0.2) is 0 Å². The lowest BCUT2D eigenvalue weighted by Gasteiger charge is -2.25. The van der Waals surface area contributed by atoms with Crippen molar-refractivity contribution in [2.24, 2.45) is 0 Å². The molecule has 32 heavy (non-hydrogen) atoms. The van der Waals surface area contributed by atoms with E-state index in [0.29, 0.717) is 9.87 Å². The number of benzene rings is 2. The Morgan fingerprint density at radius 1 is 1.12 bits per heavy atom. The Bertz CT molecular complexity index is 1210. The fourth-order valence-electron chi connectivity index (χ4n) is 3.71. The van der Waals surface area contributed by atoms with Crippen LogP contribution in [0.25, 0.3) is 0 Å². The zero-order chi connectivity index (χ0) is 23.7. The van der Waals surface area contributed by atoms with E-state index < -0.39 is 26.0 Å². The number of hydrogen-bond donors (Lipinski definition) is 1. The van der Waals surface area contributed by atoms with Gasteiger partial charge in [-0.15, -0.1) is 0 Å². The normalized spacial score (nSPS) is 17.2. The van der Waals surface area contributed by atoms with Crippen molar-refractivity contribution >= 4 is 31.6 Å². The highest BCUT2D eigenvalue weighted by molar-refractivity contribution is 7.94. The summed E-state index contributed by atoms with van der Waals surface area (Å²) in [5, 5.41) is 0. The highest BCUT2D eigenvalue weighted by Gasteiger charge is 2.37. The molecule has 0 aromatic heterocycles. The predicted octanol–water partition coefficient (Wildman–Crippen LogP) is 2.21. The molecule has 0 spiro atoms. The van der Waals surface area contributed by atoms with Crippen LogP contribution in [0, 0.1) is 6.92 Å². The molecule has 0 aliphatic carbocycles. The van der Waals surface area contributed by atoms with Gasteiger partial charge in [-0.25, -0.2) is 25.9 Å². The number of sulfonamides is 2. The third-order valence-corrected chi connectivity index (χ3v) is 8.89. The number of nitrogens with one attached hydrogen (secondary N) is 1. The Hall–Kier alpha value is -2.27. The molecule has 1 saturated heterocycles. The lowest BCUT2D eigenvalue weighted by Crippen LogP contribution is -2.35. The number of carbonyl (C=O) groups is 1. The molecule has 174 valence electrons. The first-order chi connectivity index (χ1) is 15.0. The summed E-state index contributed by atoms with van der Waals surface area (Å²) in [6.07, 6.45) is 0.808. The van der Waals surface area contributed by atoms with Gasteiger partial charge in [-0.05, 0) is 56.3 Å². The minimum Gasteiger partial charge on any atom is -0.301 e. The van der Waals surface area contributed by atoms with Gasteiger partial charge in [0.2, 0.25) is 26.0 Å². The second-order valence-electron chi connectivity index (χ2n) is 8.10. The maximum atomic E-state index is 13.1. The molecule has 1 N–H and O–H groups in total. The van der Waals surface area contributed by atoms with Crippen molar-refractivity contribution in [3.05, 3.63) is 59.2 Å². The largest absolute Gasteiger partial charge is 0.301 e. The van der Waals surface area contributed by atoms with Crippen molar-refractivity contribution in [3.63, 3.8) is 0 Å². The smallest absolute Gasteiger partial charge is 0.242 e. The van der Waals surface area contributed by atoms with Gasteiger partial charge in [0.1, 0.15) is 0 Å². The zero-order valence-electron chi connectivity index (χ0n) is 18.7. The Labute approximate surface area is 190 Å². The molecule has 10 heteroatoms. The van der Waals surface area contributed by atoms with E-state index in [1.54, 1.807) is 6.92 Å². The second kappa shape index (κ2) is 9.30. The first-order valence-corrected chi connectivity index (χ1v) is 13.5. The summed E-state index contributed by atoms with van der Waals surface area (Å²) in [6, 6.07) is 12.1. The van der Waals surface area contributed by atoms with Crippen LogP contribution < -0.4 is 9.03 Å². The van der Waals surface area contributed by atoms with E-state index in [-0.39, 0.29) is 35.3 Å². The molecule has 1 heterocycles. The van der Waals surface area contributed by atoms with Crippen molar-refractivity contribution < 1.29 is 21.6 Å². The van der Waals surface area contributed by atoms with Crippen LogP contribution >= 0.6 is 0 Å². The van der Waals surface area contributed by atoms with Crippen LogP contribution in [0.15, 0.2) is 47.4 Å². The number of aryl methyl sites for hydroxylation is 2. The van der Waals surface area contributed by atoms with E-state index >= 15 is 0 Å². The van der Waals surface area contributed by atoms with E-state index in [9.17, 15) is 21.6 Å². The fourth-order valence-corrected chi connectivity index (χ4v) is 6.47. The first-order valence-electron chi connectivity index (χ1n) is 10.4. The molecule has 8 nitrogen and oxygen atoms in total. The van der Waals surface area contributed by atoms with Crippen LogP contribution in [-0.4, -0.2) is 54.0 Å². The summed E-state index contributed by atoms with van der Waals surface area (Å²) in [6.45, 7) is 3.83. The van der Waals surface area contributed by atoms with Crippen LogP contribution in [0.5, 0.6) is 0 Å². The SMILES string of the molecule is CCc1ccc([C@H](CNS(=O)(=O)c2cc(N3C(=O)CCS3(=O)=O)ccc2C)N(C)C)cc1. The monoisotopic (exact) mass is 479 g/mol. The molecule has 1 fully saturated rings. The fraction of sp³-hybridized carbons (Fsp3) is 0.409. The quantitative estimate of drug-likeness (QED) is 0.623. The van der Waals surface area contributed by atoms with Crippen molar-refractivity contribution in [1.82, 2.24) is 9.62 Å². The topological polar surface area (TPSA) is 104 Å². The number of hydrogen-bond acceptors (Lipinski definition) is 6. The molecule has 1 atom stereocenters. The molecule has 0 bridgehead atoms. The maximum absolute atomic E-state index is 13.1. The van der Waals surface area contributed by atoms with Gasteiger partial charge >= 0.3 is 0 Å². The van der Waals surface area contributed by atoms with Crippen molar-refractivity contribution in [2.75, 3.05) is 30.7 Å². The average Bonchev–Trinajstić information content (AvgIpc) is 3.01. The molecule has 1 aliphatic heterocycles. The Kier molecular flexibility index (Phi) is 7.09. The number of rotatable bonds is 8. The molecule has 2 aromatic carbocycles. The molecule has 0 saturated carbocycles. The molecular formula is C22H29N3O5S2. The van der Waals surface area contributed by atoms with Crippen LogP contribution in [-0.2, 0) is 31.3 Å². The third kappa shape index (κ3) is 5.03. The summed E-state index contributed by atoms with van der Waals surface area (Å²) in [5.41, 5.74) is 2.68. The molecule has 1 aliphatic rings. The van der Waals surface area contributed by atoms with Crippen LogP contribution in [0.2, 0.25) is 0 Å². The number of carbonyl (C=O) groups excluding carboxylic acids is 1. The van der Waals surface area contributed by atoms with Gasteiger partial charge in [-0.1, -0.05) is 37.3 Å². The Balaban J connectivity index is 1.87. The van der Waals surface area contributed by atoms with Gasteiger partial charge in [-0.2, -0.15) is 0 Å². The van der Waals surface area contributed by atoms with E-state index in [0.717, 1.165) is 12.0 Å². The van der Waals surface area contributed by atoms with Gasteiger partial charge in [0.05, 0.1) is 16.3 Å². The Morgan fingerprint density at radius 3 is 2.31 bits per heavy atom. The minimum atomic E-state index is -3.96. The highest BCUT2D eigenvalue weighted by atomic mass is 32.2. The van der Waals surface area contributed by atoms with E-state index in [1.807, 2.05) is 43.3 Å². The number of amides is 1. The summed E-state index contributed by atoms with van der Waals surface area (Å²) >= 11 is 0. The zero-order valence-corrected chi connectivity index (χ0v) is 20.3. The second-order valence-corrected chi connectivity index (χ2v) is 11.8. The summed E-state index contributed by atoms with van der Waals surface area (Å²) in [5.74, 6) is -0.838. The number of likely N-dealkylation sites (N-methyl/N-ethyl adjacent to an activating group) is 1. The lowest BCUT2D eigenvalue weighted by molar-refractivity contribution is -0.116. The van der Waals surface area contributed by atoms with E-state index in [4.69, 9.17) is 0 Å². The number of nitrogens with zero attached hydrogens (tertiary/aromatic N) is 2. The first kappa shape index (κ1) is 24.4. The van der Waals surface area contributed by atoms with Crippen LogP contribution in [0.3, 0.4) is 0 Å².